The number of piperidine rings is 1. The monoisotopic (exact) mass is 333 g/mol. The summed E-state index contributed by atoms with van der Waals surface area (Å²) in [6, 6.07) is 9.73. The van der Waals surface area contributed by atoms with Crippen molar-refractivity contribution in [2.24, 2.45) is 0 Å². The smallest absolute Gasteiger partial charge is 0.279 e. The number of nitrogens with one attached hydrogen (secondary N) is 2. The van der Waals surface area contributed by atoms with E-state index in [1.165, 1.54) is 4.31 Å². The molecule has 0 amide bonds. The van der Waals surface area contributed by atoms with E-state index < -0.39 is 10.2 Å². The van der Waals surface area contributed by atoms with Gasteiger partial charge in [-0.3, -0.25) is 0 Å². The Balaban J connectivity index is 0.00000220. The van der Waals surface area contributed by atoms with E-state index >= 15 is 0 Å². The largest absolute Gasteiger partial charge is 0.317 e. The number of benzene rings is 1. The molecule has 0 aliphatic carbocycles. The maximum atomic E-state index is 12.4. The van der Waals surface area contributed by atoms with E-state index in [4.69, 9.17) is 0 Å². The Morgan fingerprint density at radius 2 is 1.86 bits per heavy atom. The average Bonchev–Trinajstić information content (AvgIpc) is 2.46. The molecule has 7 heteroatoms. The Morgan fingerprint density at radius 1 is 1.24 bits per heavy atom. The van der Waals surface area contributed by atoms with Gasteiger partial charge in [0.15, 0.2) is 0 Å². The highest BCUT2D eigenvalue weighted by molar-refractivity contribution is 7.87. The van der Waals surface area contributed by atoms with Crippen LogP contribution in [0, 0.1) is 0 Å². The summed E-state index contributed by atoms with van der Waals surface area (Å²) in [7, 11) is -3.41. The molecule has 2 N–H and O–H groups in total. The third-order valence-corrected chi connectivity index (χ3v) is 5.25. The molecule has 1 aliphatic rings. The zero-order valence-electron chi connectivity index (χ0n) is 12.3. The van der Waals surface area contributed by atoms with Gasteiger partial charge in [0.25, 0.3) is 10.2 Å². The topological polar surface area (TPSA) is 61.4 Å². The molecule has 1 aliphatic heterocycles. The molecule has 1 aromatic rings. The van der Waals surface area contributed by atoms with Crippen LogP contribution in [-0.4, -0.2) is 38.4 Å². The minimum atomic E-state index is -3.41. The first-order chi connectivity index (χ1) is 9.62. The number of hydrogen-bond acceptors (Lipinski definition) is 3. The van der Waals surface area contributed by atoms with Gasteiger partial charge in [-0.1, -0.05) is 37.3 Å². The summed E-state index contributed by atoms with van der Waals surface area (Å²) in [5.74, 6) is 0. The van der Waals surface area contributed by atoms with Gasteiger partial charge in [-0.2, -0.15) is 17.4 Å². The van der Waals surface area contributed by atoms with Crippen LogP contribution in [0.3, 0.4) is 0 Å². The van der Waals surface area contributed by atoms with Crippen LogP contribution in [0.1, 0.15) is 25.3 Å². The van der Waals surface area contributed by atoms with Gasteiger partial charge in [-0.05, 0) is 31.5 Å². The van der Waals surface area contributed by atoms with Gasteiger partial charge >= 0.3 is 0 Å². The second-order valence-corrected chi connectivity index (χ2v) is 6.76. The van der Waals surface area contributed by atoms with Gasteiger partial charge in [0.2, 0.25) is 0 Å². The predicted molar refractivity (Wildman–Crippen MR) is 87.7 cm³/mol. The summed E-state index contributed by atoms with van der Waals surface area (Å²) in [4.78, 5) is 0. The minimum absolute atomic E-state index is 0. The Labute approximate surface area is 133 Å². The van der Waals surface area contributed by atoms with Crippen molar-refractivity contribution < 1.29 is 8.42 Å². The van der Waals surface area contributed by atoms with Crippen molar-refractivity contribution in [1.82, 2.24) is 14.3 Å². The van der Waals surface area contributed by atoms with Crippen LogP contribution in [-0.2, 0) is 16.8 Å². The number of rotatable bonds is 6. The lowest BCUT2D eigenvalue weighted by atomic mass is 10.1. The fourth-order valence-electron chi connectivity index (χ4n) is 2.38. The number of nitrogens with zero attached hydrogens (tertiary/aromatic N) is 1. The highest BCUT2D eigenvalue weighted by atomic mass is 35.5. The van der Waals surface area contributed by atoms with Crippen molar-refractivity contribution >= 4 is 22.6 Å². The van der Waals surface area contributed by atoms with Crippen LogP contribution in [0.25, 0.3) is 0 Å². The van der Waals surface area contributed by atoms with Crippen LogP contribution in [0.2, 0.25) is 0 Å². The van der Waals surface area contributed by atoms with Gasteiger partial charge in [0, 0.05) is 19.1 Å². The molecule has 1 fully saturated rings. The quantitative estimate of drug-likeness (QED) is 0.829. The second-order valence-electron chi connectivity index (χ2n) is 5.06. The standard InChI is InChI=1S/C14H23N3O2S.ClH/c1-2-17(12-13-6-4-3-5-7-13)20(18,19)16-14-8-10-15-11-9-14;/h3-7,14-16H,2,8-12H2,1H3;1H. The van der Waals surface area contributed by atoms with Crippen molar-refractivity contribution in [3.05, 3.63) is 35.9 Å². The summed E-state index contributed by atoms with van der Waals surface area (Å²) < 4.78 is 29.2. The van der Waals surface area contributed by atoms with Crippen LogP contribution in [0.15, 0.2) is 30.3 Å². The van der Waals surface area contributed by atoms with Crippen molar-refractivity contribution in [2.45, 2.75) is 32.4 Å². The minimum Gasteiger partial charge on any atom is -0.317 e. The lowest BCUT2D eigenvalue weighted by molar-refractivity contribution is 0.382. The van der Waals surface area contributed by atoms with Crippen LogP contribution < -0.4 is 10.0 Å². The third kappa shape index (κ3) is 5.56. The molecule has 120 valence electrons. The molecule has 0 saturated carbocycles. The van der Waals surface area contributed by atoms with E-state index in [0.29, 0.717) is 13.1 Å². The van der Waals surface area contributed by atoms with E-state index in [1.807, 2.05) is 37.3 Å². The molecule has 0 radical (unpaired) electrons. The first-order valence-corrected chi connectivity index (χ1v) is 8.58. The highest BCUT2D eigenvalue weighted by Crippen LogP contribution is 2.11. The fraction of sp³-hybridized carbons (Fsp3) is 0.571. The molecule has 0 bridgehead atoms. The maximum absolute atomic E-state index is 12.4. The number of halogens is 1. The van der Waals surface area contributed by atoms with Gasteiger partial charge in [0.05, 0.1) is 0 Å². The Hall–Kier alpha value is -0.660. The lowest BCUT2D eigenvalue weighted by Gasteiger charge is -2.27. The molecule has 1 saturated heterocycles. The molecular weight excluding hydrogens is 310 g/mol. The fourth-order valence-corrected chi connectivity index (χ4v) is 3.84. The first-order valence-electron chi connectivity index (χ1n) is 7.14. The molecular formula is C14H24ClN3O2S. The van der Waals surface area contributed by atoms with Crippen LogP contribution in [0.4, 0.5) is 0 Å². The molecule has 21 heavy (non-hydrogen) atoms. The maximum Gasteiger partial charge on any atom is 0.279 e. The molecule has 0 unspecified atom stereocenters. The summed E-state index contributed by atoms with van der Waals surface area (Å²) in [6.07, 6.45) is 1.70. The average molecular weight is 334 g/mol. The first kappa shape index (κ1) is 18.4. The summed E-state index contributed by atoms with van der Waals surface area (Å²) in [6.45, 7) is 4.49. The highest BCUT2D eigenvalue weighted by Gasteiger charge is 2.25. The molecule has 5 nitrogen and oxygen atoms in total. The summed E-state index contributed by atoms with van der Waals surface area (Å²) >= 11 is 0. The van der Waals surface area contributed by atoms with E-state index in [2.05, 4.69) is 10.0 Å². The van der Waals surface area contributed by atoms with Crippen LogP contribution in [0.5, 0.6) is 0 Å². The van der Waals surface area contributed by atoms with E-state index in [1.54, 1.807) is 0 Å². The van der Waals surface area contributed by atoms with Gasteiger partial charge < -0.3 is 5.32 Å². The van der Waals surface area contributed by atoms with E-state index in [0.717, 1.165) is 31.5 Å². The van der Waals surface area contributed by atoms with Gasteiger partial charge in [-0.25, -0.2) is 0 Å². The lowest BCUT2D eigenvalue weighted by Crippen LogP contribution is -2.48. The van der Waals surface area contributed by atoms with E-state index in [9.17, 15) is 8.42 Å². The summed E-state index contributed by atoms with van der Waals surface area (Å²) in [5.41, 5.74) is 1.00. The molecule has 2 rings (SSSR count). The van der Waals surface area contributed by atoms with Crippen molar-refractivity contribution in [3.8, 4) is 0 Å². The van der Waals surface area contributed by atoms with Crippen molar-refractivity contribution in [2.75, 3.05) is 19.6 Å². The number of hydrogen-bond donors (Lipinski definition) is 2. The molecule has 0 atom stereocenters. The van der Waals surface area contributed by atoms with Crippen molar-refractivity contribution in [1.29, 1.82) is 0 Å². The molecule has 1 aromatic carbocycles. The second kappa shape index (κ2) is 8.70. The van der Waals surface area contributed by atoms with E-state index in [-0.39, 0.29) is 18.4 Å². The predicted octanol–water partition coefficient (Wildman–Crippen LogP) is 1.52. The van der Waals surface area contributed by atoms with Crippen LogP contribution >= 0.6 is 12.4 Å². The normalized spacial score (nSPS) is 16.7. The van der Waals surface area contributed by atoms with Gasteiger partial charge in [0.1, 0.15) is 0 Å². The molecule has 0 aromatic heterocycles. The SMILES string of the molecule is CCN(Cc1ccccc1)S(=O)(=O)NC1CCNCC1.Cl. The third-order valence-electron chi connectivity index (χ3n) is 3.55. The van der Waals surface area contributed by atoms with Gasteiger partial charge in [-0.15, -0.1) is 12.4 Å². The molecule has 0 spiro atoms. The Bertz CT molecular complexity index is 504. The zero-order chi connectivity index (χ0) is 14.4. The Morgan fingerprint density at radius 3 is 2.43 bits per heavy atom. The van der Waals surface area contributed by atoms with Crippen molar-refractivity contribution in [3.63, 3.8) is 0 Å². The zero-order valence-corrected chi connectivity index (χ0v) is 13.9. The molecule has 1 heterocycles. The Kier molecular flexibility index (Phi) is 7.62. The summed E-state index contributed by atoms with van der Waals surface area (Å²) in [5, 5.41) is 3.24.